The molecular weight excluding hydrogens is 260 g/mol. The molecule has 1 fully saturated rings. The van der Waals surface area contributed by atoms with Crippen molar-refractivity contribution < 1.29 is 4.74 Å². The third-order valence-electron chi connectivity index (χ3n) is 4.81. The molecule has 0 aliphatic carbocycles. The van der Waals surface area contributed by atoms with E-state index < -0.39 is 0 Å². The Balaban J connectivity index is 1.91. The van der Waals surface area contributed by atoms with Crippen molar-refractivity contribution in [2.24, 2.45) is 17.1 Å². The summed E-state index contributed by atoms with van der Waals surface area (Å²) in [6.45, 7) is 10.3. The molecular formula is C18H30N2O. The van der Waals surface area contributed by atoms with E-state index in [-0.39, 0.29) is 6.04 Å². The molecule has 3 heteroatoms. The summed E-state index contributed by atoms with van der Waals surface area (Å²) in [6.07, 6.45) is 2.56. The second-order valence-electron chi connectivity index (χ2n) is 7.29. The Kier molecular flexibility index (Phi) is 5.28. The average Bonchev–Trinajstić information content (AvgIpc) is 2.46. The van der Waals surface area contributed by atoms with Crippen molar-refractivity contribution in [1.82, 2.24) is 4.90 Å². The molecule has 0 saturated carbocycles. The van der Waals surface area contributed by atoms with Crippen LogP contribution in [0.5, 0.6) is 5.75 Å². The van der Waals surface area contributed by atoms with Gasteiger partial charge >= 0.3 is 0 Å². The van der Waals surface area contributed by atoms with Crippen LogP contribution in [0, 0.1) is 11.3 Å². The maximum absolute atomic E-state index is 6.40. The Morgan fingerprint density at radius 1 is 1.24 bits per heavy atom. The number of rotatable bonds is 4. The first kappa shape index (κ1) is 16.3. The smallest absolute Gasteiger partial charge is 0.123 e. The van der Waals surface area contributed by atoms with Crippen LogP contribution < -0.4 is 10.5 Å². The van der Waals surface area contributed by atoms with E-state index in [4.69, 9.17) is 10.5 Å². The van der Waals surface area contributed by atoms with Crippen LogP contribution in [-0.2, 0) is 0 Å². The summed E-state index contributed by atoms with van der Waals surface area (Å²) in [5.41, 5.74) is 7.94. The van der Waals surface area contributed by atoms with Gasteiger partial charge in [0.05, 0.1) is 7.11 Å². The van der Waals surface area contributed by atoms with Crippen molar-refractivity contribution in [1.29, 1.82) is 0 Å². The summed E-state index contributed by atoms with van der Waals surface area (Å²) in [6, 6.07) is 8.10. The van der Waals surface area contributed by atoms with Crippen LogP contribution >= 0.6 is 0 Å². The molecule has 0 aromatic heterocycles. The van der Waals surface area contributed by atoms with Crippen molar-refractivity contribution in [3.05, 3.63) is 29.8 Å². The fraction of sp³-hybridized carbons (Fsp3) is 0.667. The predicted molar refractivity (Wildman–Crippen MR) is 88.5 cm³/mol. The highest BCUT2D eigenvalue weighted by Crippen LogP contribution is 2.34. The second-order valence-corrected chi connectivity index (χ2v) is 7.29. The summed E-state index contributed by atoms with van der Waals surface area (Å²) in [5, 5.41) is 0. The lowest BCUT2D eigenvalue weighted by atomic mass is 9.75. The van der Waals surface area contributed by atoms with E-state index in [1.807, 2.05) is 18.2 Å². The van der Waals surface area contributed by atoms with Crippen molar-refractivity contribution in [3.63, 3.8) is 0 Å². The van der Waals surface area contributed by atoms with Gasteiger partial charge in [-0.15, -0.1) is 0 Å². The lowest BCUT2D eigenvalue weighted by Gasteiger charge is -2.39. The summed E-state index contributed by atoms with van der Waals surface area (Å²) in [4.78, 5) is 2.50. The molecule has 1 aromatic rings. The van der Waals surface area contributed by atoms with Gasteiger partial charge < -0.3 is 15.4 Å². The molecule has 1 heterocycles. The molecule has 0 radical (unpaired) electrons. The average molecular weight is 290 g/mol. The molecule has 0 bridgehead atoms. The summed E-state index contributed by atoms with van der Waals surface area (Å²) >= 11 is 0. The third kappa shape index (κ3) is 4.21. The van der Waals surface area contributed by atoms with Crippen molar-refractivity contribution in [2.75, 3.05) is 26.7 Å². The van der Waals surface area contributed by atoms with Gasteiger partial charge in [-0.1, -0.05) is 39.0 Å². The van der Waals surface area contributed by atoms with Gasteiger partial charge in [-0.2, -0.15) is 0 Å². The van der Waals surface area contributed by atoms with Gasteiger partial charge in [-0.25, -0.2) is 0 Å². The number of para-hydroxylation sites is 1. The lowest BCUT2D eigenvalue weighted by Crippen LogP contribution is -2.41. The van der Waals surface area contributed by atoms with E-state index in [0.717, 1.165) is 36.9 Å². The van der Waals surface area contributed by atoms with Crippen molar-refractivity contribution in [3.8, 4) is 5.75 Å². The molecule has 1 atom stereocenters. The largest absolute Gasteiger partial charge is 0.496 e. The molecule has 0 amide bonds. The SMILES string of the molecule is COc1ccccc1C(N)CN1CCC(C(C)(C)C)CC1. The molecule has 2 N–H and O–H groups in total. The van der Waals surface area contributed by atoms with E-state index in [2.05, 4.69) is 31.7 Å². The van der Waals surface area contributed by atoms with Crippen LogP contribution in [0.2, 0.25) is 0 Å². The third-order valence-corrected chi connectivity index (χ3v) is 4.81. The van der Waals surface area contributed by atoms with Gasteiger partial charge in [-0.3, -0.25) is 0 Å². The van der Waals surface area contributed by atoms with E-state index in [0.29, 0.717) is 5.41 Å². The second kappa shape index (κ2) is 6.80. The molecule has 1 aliphatic heterocycles. The lowest BCUT2D eigenvalue weighted by molar-refractivity contribution is 0.108. The van der Waals surface area contributed by atoms with Gasteiger partial charge in [0, 0.05) is 18.2 Å². The van der Waals surface area contributed by atoms with Crippen LogP contribution in [0.3, 0.4) is 0 Å². The molecule has 1 aromatic carbocycles. The Bertz CT molecular complexity index is 445. The Hall–Kier alpha value is -1.06. The Morgan fingerprint density at radius 2 is 1.86 bits per heavy atom. The topological polar surface area (TPSA) is 38.5 Å². The summed E-state index contributed by atoms with van der Waals surface area (Å²) in [5.74, 6) is 1.73. The monoisotopic (exact) mass is 290 g/mol. The van der Waals surface area contributed by atoms with Crippen LogP contribution in [0.1, 0.15) is 45.2 Å². The van der Waals surface area contributed by atoms with Gasteiger partial charge in [0.2, 0.25) is 0 Å². The highest BCUT2D eigenvalue weighted by Gasteiger charge is 2.29. The maximum atomic E-state index is 6.40. The minimum absolute atomic E-state index is 0.0207. The van der Waals surface area contributed by atoms with Gasteiger partial charge in [0.25, 0.3) is 0 Å². The van der Waals surface area contributed by atoms with Crippen LogP contribution in [-0.4, -0.2) is 31.6 Å². The molecule has 3 nitrogen and oxygen atoms in total. The highest BCUT2D eigenvalue weighted by atomic mass is 16.5. The number of nitrogens with zero attached hydrogens (tertiary/aromatic N) is 1. The van der Waals surface area contributed by atoms with Crippen molar-refractivity contribution >= 4 is 0 Å². The first-order valence-corrected chi connectivity index (χ1v) is 8.02. The fourth-order valence-electron chi connectivity index (χ4n) is 3.33. The molecule has 21 heavy (non-hydrogen) atoms. The molecule has 1 unspecified atom stereocenters. The Morgan fingerprint density at radius 3 is 2.43 bits per heavy atom. The van der Waals surface area contributed by atoms with Crippen LogP contribution in [0.4, 0.5) is 0 Å². The zero-order chi connectivity index (χ0) is 15.5. The quantitative estimate of drug-likeness (QED) is 0.923. The number of hydrogen-bond acceptors (Lipinski definition) is 3. The minimum Gasteiger partial charge on any atom is -0.496 e. The first-order valence-electron chi connectivity index (χ1n) is 8.02. The van der Waals surface area contributed by atoms with Gasteiger partial charge in [-0.05, 0) is 43.3 Å². The highest BCUT2D eigenvalue weighted by molar-refractivity contribution is 5.35. The van der Waals surface area contributed by atoms with E-state index in [1.165, 1.54) is 12.8 Å². The molecule has 2 rings (SSSR count). The number of likely N-dealkylation sites (tertiary alicyclic amines) is 1. The van der Waals surface area contributed by atoms with Crippen LogP contribution in [0.15, 0.2) is 24.3 Å². The number of piperidine rings is 1. The number of benzene rings is 1. The van der Waals surface area contributed by atoms with E-state index in [1.54, 1.807) is 7.11 Å². The predicted octanol–water partition coefficient (Wildman–Crippen LogP) is 3.45. The van der Waals surface area contributed by atoms with Gasteiger partial charge in [0.1, 0.15) is 5.75 Å². The standard InChI is InChI=1S/C18H30N2O/c1-18(2,3)14-9-11-20(12-10-14)13-16(19)15-7-5-6-8-17(15)21-4/h5-8,14,16H,9-13,19H2,1-4H3. The van der Waals surface area contributed by atoms with Gasteiger partial charge in [0.15, 0.2) is 0 Å². The molecule has 118 valence electrons. The summed E-state index contributed by atoms with van der Waals surface area (Å²) < 4.78 is 5.42. The Labute approximate surface area is 129 Å². The fourth-order valence-corrected chi connectivity index (χ4v) is 3.33. The van der Waals surface area contributed by atoms with Crippen LogP contribution in [0.25, 0.3) is 0 Å². The normalized spacial score (nSPS) is 19.5. The molecule has 1 saturated heterocycles. The molecule has 1 aliphatic rings. The zero-order valence-electron chi connectivity index (χ0n) is 13.9. The first-order chi connectivity index (χ1) is 9.91. The van der Waals surface area contributed by atoms with E-state index >= 15 is 0 Å². The maximum Gasteiger partial charge on any atom is 0.123 e. The number of methoxy groups -OCH3 is 1. The zero-order valence-corrected chi connectivity index (χ0v) is 13.9. The summed E-state index contributed by atoms with van der Waals surface area (Å²) in [7, 11) is 1.71. The number of ether oxygens (including phenoxy) is 1. The number of nitrogens with two attached hydrogens (primary N) is 1. The minimum atomic E-state index is 0.0207. The van der Waals surface area contributed by atoms with Crippen molar-refractivity contribution in [2.45, 2.75) is 39.7 Å². The number of hydrogen-bond donors (Lipinski definition) is 1. The molecule has 0 spiro atoms. The van der Waals surface area contributed by atoms with E-state index in [9.17, 15) is 0 Å².